The highest BCUT2D eigenvalue weighted by Crippen LogP contribution is 2.32. The van der Waals surface area contributed by atoms with Crippen LogP contribution in [0.15, 0.2) is 59.0 Å². The van der Waals surface area contributed by atoms with E-state index in [1.807, 2.05) is 31.2 Å². The van der Waals surface area contributed by atoms with Crippen LogP contribution in [0, 0.1) is 6.92 Å². The molecular weight excluding hydrogens is 380 g/mol. The summed E-state index contributed by atoms with van der Waals surface area (Å²) in [6, 6.07) is 14.2. The summed E-state index contributed by atoms with van der Waals surface area (Å²) < 4.78 is 22.0. The van der Waals surface area contributed by atoms with E-state index in [9.17, 15) is 4.79 Å². The molecule has 1 aromatic heterocycles. The number of ether oxygens (including phenoxy) is 3. The van der Waals surface area contributed by atoms with Gasteiger partial charge in [-0.25, -0.2) is 0 Å². The zero-order valence-corrected chi connectivity index (χ0v) is 15.9. The maximum atomic E-state index is 12.3. The van der Waals surface area contributed by atoms with E-state index >= 15 is 0 Å². The van der Waals surface area contributed by atoms with Gasteiger partial charge in [-0.1, -0.05) is 17.7 Å². The second-order valence-corrected chi connectivity index (χ2v) is 6.63. The molecule has 4 rings (SSSR count). The van der Waals surface area contributed by atoms with Crippen molar-refractivity contribution in [1.29, 1.82) is 0 Å². The van der Waals surface area contributed by atoms with Crippen molar-refractivity contribution in [1.82, 2.24) is 0 Å². The summed E-state index contributed by atoms with van der Waals surface area (Å²) in [4.78, 5) is 12.3. The average Bonchev–Trinajstić information content (AvgIpc) is 3.35. The minimum atomic E-state index is -0.151. The third kappa shape index (κ3) is 3.89. The van der Waals surface area contributed by atoms with E-state index in [0.717, 1.165) is 5.56 Å². The first-order valence-corrected chi connectivity index (χ1v) is 9.06. The number of carbonyl (C=O) groups excluding carboxylic acids is 1. The van der Waals surface area contributed by atoms with Gasteiger partial charge < -0.3 is 18.6 Å². The number of allylic oxidation sites excluding steroid dienone is 1. The molecule has 0 unspecified atom stereocenters. The Hall–Kier alpha value is -3.18. The van der Waals surface area contributed by atoms with Crippen LogP contribution < -0.4 is 14.2 Å². The molecule has 1 aliphatic rings. The third-order valence-electron chi connectivity index (χ3n) is 4.33. The van der Waals surface area contributed by atoms with Crippen molar-refractivity contribution >= 4 is 23.5 Å². The van der Waals surface area contributed by atoms with Crippen molar-refractivity contribution in [2.24, 2.45) is 0 Å². The lowest BCUT2D eigenvalue weighted by molar-refractivity contribution is 0.104. The number of rotatable bonds is 6. The lowest BCUT2D eigenvalue weighted by Crippen LogP contribution is -1.95. The monoisotopic (exact) mass is 396 g/mol. The maximum Gasteiger partial charge on any atom is 0.231 e. The van der Waals surface area contributed by atoms with Crippen molar-refractivity contribution in [3.8, 4) is 17.2 Å². The average molecular weight is 397 g/mol. The van der Waals surface area contributed by atoms with Crippen molar-refractivity contribution in [3.05, 3.63) is 82.3 Å². The Morgan fingerprint density at radius 1 is 1.14 bits per heavy atom. The molecule has 142 valence electrons. The molecule has 0 saturated carbocycles. The van der Waals surface area contributed by atoms with Gasteiger partial charge in [0.15, 0.2) is 17.3 Å². The summed E-state index contributed by atoms with van der Waals surface area (Å²) >= 11 is 6.09. The molecule has 1 aliphatic heterocycles. The number of hydrogen-bond acceptors (Lipinski definition) is 5. The van der Waals surface area contributed by atoms with E-state index in [-0.39, 0.29) is 19.2 Å². The van der Waals surface area contributed by atoms with E-state index in [2.05, 4.69) is 0 Å². The SMILES string of the molecule is Cc1c(Cl)cccc1OCc1ccc(/C=C/C(=O)c2ccc3c(c2)OCO3)o1. The fraction of sp³-hybridized carbons (Fsp3) is 0.136. The quantitative estimate of drug-likeness (QED) is 0.410. The largest absolute Gasteiger partial charge is 0.485 e. The van der Waals surface area contributed by atoms with Crippen LogP contribution in [0.2, 0.25) is 5.02 Å². The molecule has 2 aromatic carbocycles. The Labute approximate surface area is 167 Å². The highest BCUT2D eigenvalue weighted by atomic mass is 35.5. The van der Waals surface area contributed by atoms with Crippen LogP contribution in [-0.2, 0) is 6.61 Å². The van der Waals surface area contributed by atoms with Crippen molar-refractivity contribution in [2.45, 2.75) is 13.5 Å². The zero-order chi connectivity index (χ0) is 19.5. The predicted molar refractivity (Wildman–Crippen MR) is 105 cm³/mol. The molecule has 0 spiro atoms. The van der Waals surface area contributed by atoms with Gasteiger partial charge in [0.1, 0.15) is 23.9 Å². The normalized spacial score (nSPS) is 12.5. The van der Waals surface area contributed by atoms with Crippen LogP contribution in [0.5, 0.6) is 17.2 Å². The van der Waals surface area contributed by atoms with Gasteiger partial charge in [0.2, 0.25) is 6.79 Å². The van der Waals surface area contributed by atoms with Gasteiger partial charge in [-0.2, -0.15) is 0 Å². The number of fused-ring (bicyclic) bond motifs is 1. The zero-order valence-electron chi connectivity index (χ0n) is 15.1. The summed E-state index contributed by atoms with van der Waals surface area (Å²) in [7, 11) is 0. The van der Waals surface area contributed by atoms with Crippen LogP contribution in [0.3, 0.4) is 0 Å². The Kier molecular flexibility index (Phi) is 5.08. The van der Waals surface area contributed by atoms with Gasteiger partial charge in [0, 0.05) is 16.1 Å². The predicted octanol–water partition coefficient (Wildman–Crippen LogP) is 5.45. The van der Waals surface area contributed by atoms with Crippen molar-refractivity contribution in [3.63, 3.8) is 0 Å². The summed E-state index contributed by atoms with van der Waals surface area (Å²) in [6.07, 6.45) is 3.09. The minimum Gasteiger partial charge on any atom is -0.485 e. The number of halogens is 1. The van der Waals surface area contributed by atoms with Crippen LogP contribution in [0.25, 0.3) is 6.08 Å². The van der Waals surface area contributed by atoms with Gasteiger partial charge in [0.05, 0.1) is 0 Å². The molecule has 0 amide bonds. The molecule has 0 radical (unpaired) electrons. The van der Waals surface area contributed by atoms with Crippen LogP contribution in [0.1, 0.15) is 27.4 Å². The highest BCUT2D eigenvalue weighted by molar-refractivity contribution is 6.31. The van der Waals surface area contributed by atoms with E-state index < -0.39 is 0 Å². The molecular formula is C22H17ClO5. The molecule has 0 saturated heterocycles. The molecule has 28 heavy (non-hydrogen) atoms. The molecule has 0 atom stereocenters. The first kappa shape index (κ1) is 18.2. The van der Waals surface area contributed by atoms with Crippen molar-refractivity contribution in [2.75, 3.05) is 6.79 Å². The number of hydrogen-bond donors (Lipinski definition) is 0. The molecule has 0 fully saturated rings. The molecule has 3 aromatic rings. The maximum absolute atomic E-state index is 12.3. The van der Waals surface area contributed by atoms with Crippen LogP contribution >= 0.6 is 11.6 Å². The highest BCUT2D eigenvalue weighted by Gasteiger charge is 2.15. The standard InChI is InChI=1S/C22H17ClO5/c1-14-18(23)3-2-4-20(14)25-12-17-7-6-16(28-17)8-9-19(24)15-5-10-21-22(11-15)27-13-26-21/h2-11H,12-13H2,1H3/b9-8+. The fourth-order valence-corrected chi connectivity index (χ4v) is 2.92. The van der Waals surface area contributed by atoms with Gasteiger partial charge in [-0.15, -0.1) is 0 Å². The molecule has 6 heteroatoms. The summed E-state index contributed by atoms with van der Waals surface area (Å²) in [5, 5.41) is 0.655. The molecule has 0 N–H and O–H groups in total. The Bertz CT molecular complexity index is 1050. The van der Waals surface area contributed by atoms with Gasteiger partial charge >= 0.3 is 0 Å². The van der Waals surface area contributed by atoms with Crippen LogP contribution in [0.4, 0.5) is 0 Å². The second-order valence-electron chi connectivity index (χ2n) is 6.22. The van der Waals surface area contributed by atoms with E-state index in [4.69, 9.17) is 30.2 Å². The van der Waals surface area contributed by atoms with E-state index in [0.29, 0.717) is 39.4 Å². The smallest absolute Gasteiger partial charge is 0.231 e. The number of furan rings is 1. The first-order chi connectivity index (χ1) is 13.6. The first-order valence-electron chi connectivity index (χ1n) is 8.69. The summed E-state index contributed by atoms with van der Waals surface area (Å²) in [5.41, 5.74) is 1.40. The van der Waals surface area contributed by atoms with Gasteiger partial charge in [-0.05, 0) is 61.5 Å². The Morgan fingerprint density at radius 3 is 2.89 bits per heavy atom. The lowest BCUT2D eigenvalue weighted by atomic mass is 10.1. The summed E-state index contributed by atoms with van der Waals surface area (Å²) in [5.74, 6) is 2.99. The third-order valence-corrected chi connectivity index (χ3v) is 4.74. The van der Waals surface area contributed by atoms with E-state index in [1.54, 1.807) is 30.3 Å². The topological polar surface area (TPSA) is 57.9 Å². The second kappa shape index (κ2) is 7.82. The molecule has 0 bridgehead atoms. The number of benzene rings is 2. The fourth-order valence-electron chi connectivity index (χ4n) is 2.76. The number of carbonyl (C=O) groups is 1. The molecule has 2 heterocycles. The lowest BCUT2D eigenvalue weighted by Gasteiger charge is -2.08. The Morgan fingerprint density at radius 2 is 2.00 bits per heavy atom. The number of ketones is 1. The minimum absolute atomic E-state index is 0.151. The van der Waals surface area contributed by atoms with Crippen LogP contribution in [-0.4, -0.2) is 12.6 Å². The van der Waals surface area contributed by atoms with Gasteiger partial charge in [0.25, 0.3) is 0 Å². The molecule has 5 nitrogen and oxygen atoms in total. The van der Waals surface area contributed by atoms with Gasteiger partial charge in [-0.3, -0.25) is 4.79 Å². The van der Waals surface area contributed by atoms with E-state index in [1.165, 1.54) is 6.08 Å². The summed E-state index contributed by atoms with van der Waals surface area (Å²) in [6.45, 7) is 2.34. The Balaban J connectivity index is 1.39. The molecule has 0 aliphatic carbocycles. The van der Waals surface area contributed by atoms with Crippen molar-refractivity contribution < 1.29 is 23.4 Å².